The third-order valence-corrected chi connectivity index (χ3v) is 3.15. The number of para-hydroxylation sites is 1. The van der Waals surface area contributed by atoms with E-state index < -0.39 is 23.5 Å². The lowest BCUT2D eigenvalue weighted by Gasteiger charge is -1.92. The number of carboxylic acids is 2. The monoisotopic (exact) mass is 379 g/mol. The van der Waals surface area contributed by atoms with Crippen molar-refractivity contribution in [2.24, 2.45) is 0 Å². The quantitative estimate of drug-likeness (QED) is 0.386. The molecule has 0 radical (unpaired) electrons. The van der Waals surface area contributed by atoms with Crippen LogP contribution < -0.4 is 0 Å². The summed E-state index contributed by atoms with van der Waals surface area (Å²) < 4.78 is 0. The summed E-state index contributed by atoms with van der Waals surface area (Å²) in [5.41, 5.74) is 0.963. The molecule has 0 aliphatic carbocycles. The average molecular weight is 380 g/mol. The van der Waals surface area contributed by atoms with Gasteiger partial charge in [0.2, 0.25) is 5.78 Å². The van der Waals surface area contributed by atoms with E-state index in [9.17, 15) is 19.2 Å². The Morgan fingerprint density at radius 1 is 1.00 bits per heavy atom. The normalized spacial score (nSPS) is 9.54. The Labute approximate surface area is 152 Å². The van der Waals surface area contributed by atoms with Crippen molar-refractivity contribution in [1.82, 2.24) is 15.0 Å². The fourth-order valence-electron chi connectivity index (χ4n) is 2.00. The van der Waals surface area contributed by atoms with E-state index in [2.05, 4.69) is 15.0 Å². The van der Waals surface area contributed by atoms with Gasteiger partial charge < -0.3 is 20.2 Å². The van der Waals surface area contributed by atoms with Crippen molar-refractivity contribution in [2.45, 2.75) is 6.42 Å². The van der Waals surface area contributed by atoms with Crippen molar-refractivity contribution in [3.8, 4) is 0 Å². The molecule has 0 fully saturated rings. The second kappa shape index (κ2) is 9.14. The highest BCUT2D eigenvalue weighted by molar-refractivity contribution is 6.42. The lowest BCUT2D eigenvalue weighted by Crippen LogP contribution is -2.15. The number of benzene rings is 1. The maximum atomic E-state index is 11.2. The highest BCUT2D eigenvalue weighted by Gasteiger charge is 2.18. The lowest BCUT2D eigenvalue weighted by atomic mass is 10.1. The molecule has 3 aromatic rings. The van der Waals surface area contributed by atoms with Crippen LogP contribution in [0.1, 0.15) is 16.2 Å². The van der Waals surface area contributed by atoms with Crippen molar-refractivity contribution >= 4 is 46.8 Å². The first-order valence-corrected chi connectivity index (χ1v) is 6.98. The number of carbonyl (C=O) groups is 4. The van der Waals surface area contributed by atoms with Gasteiger partial charge in [0.1, 0.15) is 5.82 Å². The SMILES string of the molecule is Cl.O=C(O)C(=O)Cc1ncc[nH]1.O=C(O)C(=O)c1c[nH]c2ccccc12. The van der Waals surface area contributed by atoms with Gasteiger partial charge in [-0.25, -0.2) is 14.6 Å². The van der Waals surface area contributed by atoms with Crippen molar-refractivity contribution < 1.29 is 29.4 Å². The van der Waals surface area contributed by atoms with Gasteiger partial charge in [-0.15, -0.1) is 12.4 Å². The molecule has 0 atom stereocenters. The number of ketones is 2. The van der Waals surface area contributed by atoms with Gasteiger partial charge in [-0.3, -0.25) is 9.59 Å². The van der Waals surface area contributed by atoms with Crippen LogP contribution in [-0.4, -0.2) is 48.7 Å². The molecule has 26 heavy (non-hydrogen) atoms. The minimum Gasteiger partial charge on any atom is -0.475 e. The number of imidazole rings is 1. The molecule has 9 nitrogen and oxygen atoms in total. The Hall–Kier alpha value is -3.46. The van der Waals surface area contributed by atoms with E-state index in [1.807, 2.05) is 6.07 Å². The number of rotatable bonds is 5. The molecule has 0 spiro atoms. The molecule has 136 valence electrons. The first-order chi connectivity index (χ1) is 11.9. The fraction of sp³-hybridized carbons (Fsp3) is 0.0625. The Balaban J connectivity index is 0.000000258. The molecule has 10 heteroatoms. The second-order valence-corrected chi connectivity index (χ2v) is 4.82. The van der Waals surface area contributed by atoms with Crippen molar-refractivity contribution in [3.63, 3.8) is 0 Å². The Kier molecular flexibility index (Phi) is 7.23. The van der Waals surface area contributed by atoms with E-state index in [-0.39, 0.29) is 24.4 Å². The van der Waals surface area contributed by atoms with Crippen LogP contribution in [0.2, 0.25) is 0 Å². The van der Waals surface area contributed by atoms with Crippen molar-refractivity contribution in [2.75, 3.05) is 0 Å². The molecule has 0 saturated heterocycles. The molecule has 2 aromatic heterocycles. The molecular weight excluding hydrogens is 366 g/mol. The molecule has 0 unspecified atom stereocenters. The predicted molar refractivity (Wildman–Crippen MR) is 92.4 cm³/mol. The smallest absolute Gasteiger partial charge is 0.377 e. The fourth-order valence-corrected chi connectivity index (χ4v) is 2.00. The number of carboxylic acid groups (broad SMARTS) is 2. The van der Waals surface area contributed by atoms with Crippen molar-refractivity contribution in [3.05, 3.63) is 54.2 Å². The minimum atomic E-state index is -1.44. The number of aromatic nitrogens is 3. The second-order valence-electron chi connectivity index (χ2n) is 4.82. The number of carbonyl (C=O) groups excluding carboxylic acids is 2. The zero-order chi connectivity index (χ0) is 18.4. The first kappa shape index (κ1) is 20.6. The van der Waals surface area contributed by atoms with Crippen LogP contribution in [0, 0.1) is 0 Å². The van der Waals surface area contributed by atoms with Gasteiger partial charge >= 0.3 is 11.9 Å². The number of Topliss-reactive ketones (excluding diaryl/α,β-unsaturated/α-hetero) is 2. The van der Waals surface area contributed by atoms with Crippen LogP contribution in [-0.2, 0) is 20.8 Å². The lowest BCUT2D eigenvalue weighted by molar-refractivity contribution is -0.148. The molecule has 0 aliphatic heterocycles. The third-order valence-electron chi connectivity index (χ3n) is 3.15. The van der Waals surface area contributed by atoms with E-state index in [1.54, 1.807) is 18.2 Å². The summed E-state index contributed by atoms with van der Waals surface area (Å²) >= 11 is 0. The van der Waals surface area contributed by atoms with Crippen molar-refractivity contribution in [1.29, 1.82) is 0 Å². The summed E-state index contributed by atoms with van der Waals surface area (Å²) in [6.07, 6.45) is 4.23. The Morgan fingerprint density at radius 3 is 2.27 bits per heavy atom. The number of aromatic amines is 2. The molecule has 0 saturated carbocycles. The van der Waals surface area contributed by atoms with Gasteiger partial charge in [0.05, 0.1) is 12.0 Å². The van der Waals surface area contributed by atoms with Crippen LogP contribution in [0.15, 0.2) is 42.9 Å². The van der Waals surface area contributed by atoms with Gasteiger partial charge in [0.15, 0.2) is 0 Å². The highest BCUT2D eigenvalue weighted by atomic mass is 35.5. The number of nitrogens with one attached hydrogen (secondary N) is 2. The summed E-state index contributed by atoms with van der Waals surface area (Å²) in [4.78, 5) is 51.4. The summed E-state index contributed by atoms with van der Waals surface area (Å²) in [6.45, 7) is 0. The number of H-pyrrole nitrogens is 2. The number of nitrogens with zero attached hydrogens (tertiary/aromatic N) is 1. The number of hydrogen-bond acceptors (Lipinski definition) is 5. The molecule has 2 heterocycles. The Bertz CT molecular complexity index is 933. The number of hydrogen-bond donors (Lipinski definition) is 4. The van der Waals surface area contributed by atoms with Crippen LogP contribution in [0.3, 0.4) is 0 Å². The third kappa shape index (κ3) is 5.02. The molecule has 0 aliphatic rings. The maximum Gasteiger partial charge on any atom is 0.377 e. The van der Waals surface area contributed by atoms with Crippen LogP contribution in [0.4, 0.5) is 0 Å². The van der Waals surface area contributed by atoms with E-state index in [4.69, 9.17) is 10.2 Å². The zero-order valence-electron chi connectivity index (χ0n) is 13.1. The van der Waals surface area contributed by atoms with Gasteiger partial charge in [-0.05, 0) is 6.07 Å². The van der Waals surface area contributed by atoms with Gasteiger partial charge in [0, 0.05) is 29.5 Å². The Morgan fingerprint density at radius 2 is 1.69 bits per heavy atom. The molecule has 0 bridgehead atoms. The number of aliphatic carboxylic acids is 2. The highest BCUT2D eigenvalue weighted by Crippen LogP contribution is 2.17. The van der Waals surface area contributed by atoms with Crippen LogP contribution in [0.5, 0.6) is 0 Å². The molecule has 3 rings (SSSR count). The van der Waals surface area contributed by atoms with E-state index in [0.717, 1.165) is 5.52 Å². The molecule has 1 aromatic carbocycles. The summed E-state index contributed by atoms with van der Waals surface area (Å²) in [5.74, 6) is -4.24. The van der Waals surface area contributed by atoms with E-state index in [1.165, 1.54) is 18.6 Å². The standard InChI is InChI=1S/C10H7NO3.C6H6N2O3.ClH/c12-9(10(13)14)7-5-11-8-4-2-1-3-6(7)8;9-4(6(10)11)3-5-7-1-2-8-5;/h1-5,11H,(H,13,14);1-2H,3H2,(H,7,8)(H,10,11);1H. The predicted octanol–water partition coefficient (Wildman–Crippen LogP) is 1.46. The largest absolute Gasteiger partial charge is 0.475 e. The van der Waals surface area contributed by atoms with Gasteiger partial charge in [-0.2, -0.15) is 0 Å². The molecule has 0 amide bonds. The summed E-state index contributed by atoms with van der Waals surface area (Å²) in [7, 11) is 0. The zero-order valence-corrected chi connectivity index (χ0v) is 13.9. The number of fused-ring (bicyclic) bond motifs is 1. The number of halogens is 1. The molecular formula is C16H14ClN3O6. The summed E-state index contributed by atoms with van der Waals surface area (Å²) in [6, 6.07) is 7.07. The minimum absolute atomic E-state index is 0. The van der Waals surface area contributed by atoms with E-state index in [0.29, 0.717) is 11.2 Å². The van der Waals surface area contributed by atoms with Gasteiger partial charge in [-0.1, -0.05) is 18.2 Å². The van der Waals surface area contributed by atoms with Crippen LogP contribution >= 0.6 is 12.4 Å². The maximum absolute atomic E-state index is 11.2. The molecule has 4 N–H and O–H groups in total. The van der Waals surface area contributed by atoms with E-state index >= 15 is 0 Å². The topological polar surface area (TPSA) is 153 Å². The first-order valence-electron chi connectivity index (χ1n) is 6.98. The summed E-state index contributed by atoms with van der Waals surface area (Å²) in [5, 5.41) is 17.4. The average Bonchev–Trinajstić information content (AvgIpc) is 3.23. The van der Waals surface area contributed by atoms with Crippen LogP contribution in [0.25, 0.3) is 10.9 Å². The van der Waals surface area contributed by atoms with Gasteiger partial charge in [0.25, 0.3) is 5.78 Å².